The average molecular weight is 291 g/mol. The van der Waals surface area contributed by atoms with Crippen LogP contribution in [-0.4, -0.2) is 36.4 Å². The Labute approximate surface area is 124 Å². The first kappa shape index (κ1) is 15.2. The molecule has 1 aromatic rings. The van der Waals surface area contributed by atoms with Crippen molar-refractivity contribution < 1.29 is 14.3 Å². The number of amides is 2. The van der Waals surface area contributed by atoms with Crippen molar-refractivity contribution in [2.45, 2.75) is 25.8 Å². The van der Waals surface area contributed by atoms with Crippen LogP contribution >= 0.6 is 0 Å². The zero-order chi connectivity index (χ0) is 15.6. The van der Waals surface area contributed by atoms with Crippen molar-refractivity contribution >= 4 is 17.5 Å². The number of hydrogen-bond acceptors (Lipinski definition) is 4. The number of hydrogen-bond donors (Lipinski definition) is 2. The quantitative estimate of drug-likeness (QED) is 0.812. The van der Waals surface area contributed by atoms with Crippen LogP contribution in [0.2, 0.25) is 0 Å². The molecule has 4 N–H and O–H groups in total. The van der Waals surface area contributed by atoms with Crippen LogP contribution in [0.5, 0.6) is 5.75 Å². The van der Waals surface area contributed by atoms with Crippen LogP contribution in [0.4, 0.5) is 5.69 Å². The second-order valence-electron chi connectivity index (χ2n) is 5.44. The number of nitrogens with two attached hydrogens (primary N) is 2. The number of rotatable bonds is 3. The van der Waals surface area contributed by atoms with Crippen molar-refractivity contribution in [2.75, 3.05) is 19.4 Å². The van der Waals surface area contributed by atoms with Crippen molar-refractivity contribution in [3.8, 4) is 5.75 Å². The molecule has 1 aliphatic heterocycles. The number of nitrogen functional groups attached to an aromatic ring is 1. The van der Waals surface area contributed by atoms with Gasteiger partial charge in [-0.05, 0) is 38.0 Å². The third-order valence-electron chi connectivity index (χ3n) is 4.03. The molecule has 1 fully saturated rings. The van der Waals surface area contributed by atoms with Crippen LogP contribution in [0.1, 0.15) is 30.1 Å². The SMILES string of the molecule is COc1cc(C(=O)N2CC(C(N)=O)CCC2C)ccc1N. The van der Waals surface area contributed by atoms with E-state index in [-0.39, 0.29) is 23.8 Å². The van der Waals surface area contributed by atoms with Gasteiger partial charge < -0.3 is 21.1 Å². The Morgan fingerprint density at radius 2 is 2.05 bits per heavy atom. The Morgan fingerprint density at radius 3 is 2.67 bits per heavy atom. The van der Waals surface area contributed by atoms with E-state index in [9.17, 15) is 9.59 Å². The zero-order valence-electron chi connectivity index (χ0n) is 12.3. The summed E-state index contributed by atoms with van der Waals surface area (Å²) in [6.07, 6.45) is 1.50. The monoisotopic (exact) mass is 291 g/mol. The van der Waals surface area contributed by atoms with Crippen LogP contribution < -0.4 is 16.2 Å². The number of likely N-dealkylation sites (tertiary alicyclic amines) is 1. The molecule has 0 aliphatic carbocycles. The molecule has 2 unspecified atom stereocenters. The van der Waals surface area contributed by atoms with Crippen molar-refractivity contribution in [3.63, 3.8) is 0 Å². The molecular weight excluding hydrogens is 270 g/mol. The Balaban J connectivity index is 2.23. The van der Waals surface area contributed by atoms with E-state index in [1.165, 1.54) is 7.11 Å². The second kappa shape index (κ2) is 6.03. The fraction of sp³-hybridized carbons (Fsp3) is 0.467. The Kier molecular flexibility index (Phi) is 4.35. The highest BCUT2D eigenvalue weighted by Gasteiger charge is 2.32. The molecule has 0 aromatic heterocycles. The summed E-state index contributed by atoms with van der Waals surface area (Å²) in [5.41, 5.74) is 12.1. The lowest BCUT2D eigenvalue weighted by atomic mass is 9.92. The molecule has 1 heterocycles. The number of anilines is 1. The molecule has 6 heteroatoms. The van der Waals surface area contributed by atoms with Gasteiger partial charge in [0.15, 0.2) is 0 Å². The lowest BCUT2D eigenvalue weighted by Crippen LogP contribution is -2.48. The van der Waals surface area contributed by atoms with Gasteiger partial charge in [-0.1, -0.05) is 0 Å². The molecule has 0 radical (unpaired) electrons. The number of carbonyl (C=O) groups is 2. The predicted molar refractivity (Wildman–Crippen MR) is 79.8 cm³/mol. The van der Waals surface area contributed by atoms with E-state index in [2.05, 4.69) is 0 Å². The van der Waals surface area contributed by atoms with Gasteiger partial charge in [0.2, 0.25) is 5.91 Å². The molecule has 2 amide bonds. The number of primary amides is 1. The van der Waals surface area contributed by atoms with Crippen LogP contribution in [0.15, 0.2) is 18.2 Å². The number of nitrogens with zero attached hydrogens (tertiary/aromatic N) is 1. The summed E-state index contributed by atoms with van der Waals surface area (Å²) in [5, 5.41) is 0. The molecule has 2 rings (SSSR count). The maximum absolute atomic E-state index is 12.6. The highest BCUT2D eigenvalue weighted by atomic mass is 16.5. The summed E-state index contributed by atoms with van der Waals surface area (Å²) in [7, 11) is 1.51. The van der Waals surface area contributed by atoms with Gasteiger partial charge in [0.1, 0.15) is 5.75 Å². The number of methoxy groups -OCH3 is 1. The Morgan fingerprint density at radius 1 is 1.33 bits per heavy atom. The van der Waals surface area contributed by atoms with E-state index >= 15 is 0 Å². The first-order chi connectivity index (χ1) is 9.93. The van der Waals surface area contributed by atoms with Gasteiger partial charge in [0, 0.05) is 18.2 Å². The van der Waals surface area contributed by atoms with Crippen molar-refractivity contribution in [1.82, 2.24) is 4.90 Å². The number of carbonyl (C=O) groups excluding carboxylic acids is 2. The van der Waals surface area contributed by atoms with E-state index in [0.717, 1.165) is 12.8 Å². The maximum Gasteiger partial charge on any atom is 0.254 e. The standard InChI is InChI=1S/C15H21N3O3/c1-9-3-4-11(14(17)19)8-18(9)15(20)10-5-6-12(16)13(7-10)21-2/h5-7,9,11H,3-4,8,16H2,1-2H3,(H2,17,19). The van der Waals surface area contributed by atoms with Crippen LogP contribution in [0, 0.1) is 5.92 Å². The third-order valence-corrected chi connectivity index (χ3v) is 4.03. The highest BCUT2D eigenvalue weighted by Crippen LogP contribution is 2.27. The normalized spacial score (nSPS) is 21.9. The smallest absolute Gasteiger partial charge is 0.254 e. The third kappa shape index (κ3) is 3.09. The fourth-order valence-electron chi connectivity index (χ4n) is 2.63. The van der Waals surface area contributed by atoms with Crippen LogP contribution in [0.25, 0.3) is 0 Å². The largest absolute Gasteiger partial charge is 0.495 e. The van der Waals surface area contributed by atoms with E-state index in [1.54, 1.807) is 23.1 Å². The lowest BCUT2D eigenvalue weighted by Gasteiger charge is -2.37. The number of ether oxygens (including phenoxy) is 1. The molecule has 1 aromatic carbocycles. The molecule has 1 saturated heterocycles. The molecule has 0 spiro atoms. The predicted octanol–water partition coefficient (Wildman–Crippen LogP) is 1.00. The van der Waals surface area contributed by atoms with E-state index < -0.39 is 0 Å². The summed E-state index contributed by atoms with van der Waals surface area (Å²) in [5.74, 6) is -0.292. The van der Waals surface area contributed by atoms with E-state index in [4.69, 9.17) is 16.2 Å². The molecule has 0 bridgehead atoms. The van der Waals surface area contributed by atoms with Gasteiger partial charge in [-0.15, -0.1) is 0 Å². The molecule has 0 saturated carbocycles. The molecule has 2 atom stereocenters. The lowest BCUT2D eigenvalue weighted by molar-refractivity contribution is -0.123. The van der Waals surface area contributed by atoms with Crippen LogP contribution in [-0.2, 0) is 4.79 Å². The minimum atomic E-state index is -0.352. The Hall–Kier alpha value is -2.24. The fourth-order valence-corrected chi connectivity index (χ4v) is 2.63. The summed E-state index contributed by atoms with van der Waals surface area (Å²) < 4.78 is 5.14. The molecular formula is C15H21N3O3. The van der Waals surface area contributed by atoms with E-state index in [0.29, 0.717) is 23.5 Å². The number of benzene rings is 1. The molecule has 1 aliphatic rings. The van der Waals surface area contributed by atoms with Gasteiger partial charge in [0.05, 0.1) is 18.7 Å². The summed E-state index contributed by atoms with van der Waals surface area (Å²) >= 11 is 0. The van der Waals surface area contributed by atoms with Gasteiger partial charge in [-0.2, -0.15) is 0 Å². The first-order valence-corrected chi connectivity index (χ1v) is 6.97. The summed E-state index contributed by atoms with van der Waals surface area (Å²) in [6, 6.07) is 5.02. The first-order valence-electron chi connectivity index (χ1n) is 6.97. The van der Waals surface area contributed by atoms with Gasteiger partial charge in [0.25, 0.3) is 5.91 Å². The van der Waals surface area contributed by atoms with Gasteiger partial charge in [-0.25, -0.2) is 0 Å². The summed E-state index contributed by atoms with van der Waals surface area (Å²) in [6.45, 7) is 2.34. The second-order valence-corrected chi connectivity index (χ2v) is 5.44. The van der Waals surface area contributed by atoms with Crippen molar-refractivity contribution in [2.24, 2.45) is 11.7 Å². The molecule has 114 valence electrons. The summed E-state index contributed by atoms with van der Waals surface area (Å²) in [4.78, 5) is 25.7. The van der Waals surface area contributed by atoms with Gasteiger partial charge >= 0.3 is 0 Å². The topological polar surface area (TPSA) is 98.6 Å². The average Bonchev–Trinajstić information content (AvgIpc) is 2.47. The van der Waals surface area contributed by atoms with E-state index in [1.807, 2.05) is 6.92 Å². The van der Waals surface area contributed by atoms with Crippen molar-refractivity contribution in [1.29, 1.82) is 0 Å². The minimum Gasteiger partial charge on any atom is -0.495 e. The van der Waals surface area contributed by atoms with Gasteiger partial charge in [-0.3, -0.25) is 9.59 Å². The molecule has 6 nitrogen and oxygen atoms in total. The maximum atomic E-state index is 12.6. The molecule has 21 heavy (non-hydrogen) atoms. The van der Waals surface area contributed by atoms with Crippen molar-refractivity contribution in [3.05, 3.63) is 23.8 Å². The minimum absolute atomic E-state index is 0.0802. The Bertz CT molecular complexity index is 559. The zero-order valence-corrected chi connectivity index (χ0v) is 12.3. The number of piperidine rings is 1. The van der Waals surface area contributed by atoms with Crippen LogP contribution in [0.3, 0.4) is 0 Å². The highest BCUT2D eigenvalue weighted by molar-refractivity contribution is 5.96.